The van der Waals surface area contributed by atoms with Crippen molar-refractivity contribution in [3.8, 4) is 11.5 Å². The summed E-state index contributed by atoms with van der Waals surface area (Å²) in [5.41, 5.74) is 1.80. The molecule has 0 amide bonds. The third kappa shape index (κ3) is 10.3. The molecule has 0 radical (unpaired) electrons. The Kier molecular flexibility index (Phi) is 14.8. The third-order valence-corrected chi connectivity index (χ3v) is 6.82. The number of hydrogen-bond donors (Lipinski definition) is 0. The Balaban J connectivity index is 1.70. The van der Waals surface area contributed by atoms with Crippen LogP contribution in [0, 0.1) is 0 Å². The lowest BCUT2D eigenvalue weighted by Crippen LogP contribution is -2.45. The smallest absolute Gasteiger partial charge is 0.494 e. The van der Waals surface area contributed by atoms with E-state index < -0.39 is 14.2 Å². The molecule has 0 saturated carbocycles. The zero-order chi connectivity index (χ0) is 25.3. The van der Waals surface area contributed by atoms with Gasteiger partial charge in [-0.15, -0.1) is 0 Å². The molecule has 3 rings (SSSR count). The van der Waals surface area contributed by atoms with Crippen LogP contribution in [0.25, 0.3) is 0 Å². The lowest BCUT2D eigenvalue weighted by Gasteiger charge is -2.26. The van der Waals surface area contributed by atoms with Crippen molar-refractivity contribution in [2.75, 3.05) is 39.6 Å². The zero-order valence-electron chi connectivity index (χ0n) is 22.9. The van der Waals surface area contributed by atoms with E-state index in [-0.39, 0.29) is 0 Å². The summed E-state index contributed by atoms with van der Waals surface area (Å²) >= 11 is 0. The quantitative estimate of drug-likeness (QED) is 0.197. The summed E-state index contributed by atoms with van der Waals surface area (Å²) in [7, 11) is -0.867. The summed E-state index contributed by atoms with van der Waals surface area (Å²) < 4.78 is 36.6. The van der Waals surface area contributed by atoms with Gasteiger partial charge in [0.05, 0.1) is 13.2 Å². The van der Waals surface area contributed by atoms with Crippen molar-refractivity contribution >= 4 is 25.2 Å². The van der Waals surface area contributed by atoms with Crippen molar-refractivity contribution in [3.05, 3.63) is 12.1 Å². The molecule has 0 aliphatic carbocycles. The van der Waals surface area contributed by atoms with Gasteiger partial charge in [0.1, 0.15) is 11.5 Å². The second kappa shape index (κ2) is 18.1. The molecule has 2 fully saturated rings. The summed E-state index contributed by atoms with van der Waals surface area (Å²) in [4.78, 5) is 0. The highest BCUT2D eigenvalue weighted by molar-refractivity contribution is 6.65. The number of ether oxygens (including phenoxy) is 2. The van der Waals surface area contributed by atoms with Crippen molar-refractivity contribution in [1.29, 1.82) is 0 Å². The molecule has 202 valence electrons. The highest BCUT2D eigenvalue weighted by Crippen LogP contribution is 2.21. The van der Waals surface area contributed by atoms with Gasteiger partial charge >= 0.3 is 14.2 Å². The van der Waals surface area contributed by atoms with Crippen LogP contribution in [0.4, 0.5) is 0 Å². The van der Waals surface area contributed by atoms with E-state index in [0.717, 1.165) is 48.1 Å². The van der Waals surface area contributed by atoms with Gasteiger partial charge in [0.15, 0.2) is 0 Å². The normalized spacial score (nSPS) is 16.4. The van der Waals surface area contributed by atoms with Crippen LogP contribution in [0.5, 0.6) is 11.5 Å². The molecule has 2 saturated heterocycles. The largest absolute Gasteiger partial charge is 0.497 e. The minimum atomic E-state index is -0.433. The molecule has 8 heteroatoms. The zero-order valence-corrected chi connectivity index (χ0v) is 22.9. The van der Waals surface area contributed by atoms with Crippen LogP contribution < -0.4 is 20.4 Å². The first-order valence-corrected chi connectivity index (χ1v) is 14.7. The fraction of sp³-hybridized carbons (Fsp3) is 0.786. The van der Waals surface area contributed by atoms with Gasteiger partial charge in [-0.25, -0.2) is 0 Å². The number of unbranched alkanes of at least 4 members (excludes halogenated alkanes) is 10. The predicted octanol–water partition coefficient (Wildman–Crippen LogP) is 5.43. The molecule has 2 aliphatic rings. The molecule has 0 unspecified atom stereocenters. The van der Waals surface area contributed by atoms with Gasteiger partial charge in [-0.2, -0.15) is 0 Å². The lowest BCUT2D eigenvalue weighted by molar-refractivity contribution is 0.141. The molecule has 1 aromatic carbocycles. The Bertz CT molecular complexity index is 648. The fourth-order valence-electron chi connectivity index (χ4n) is 4.67. The van der Waals surface area contributed by atoms with Gasteiger partial charge in [0.25, 0.3) is 0 Å². The van der Waals surface area contributed by atoms with Crippen molar-refractivity contribution in [2.45, 2.75) is 104 Å². The molecule has 0 bridgehead atoms. The molecule has 0 aromatic heterocycles. The Morgan fingerprint density at radius 2 is 0.917 bits per heavy atom. The molecule has 2 heterocycles. The van der Waals surface area contributed by atoms with E-state index in [4.69, 9.17) is 28.1 Å². The average molecular weight is 502 g/mol. The van der Waals surface area contributed by atoms with Crippen molar-refractivity contribution in [3.63, 3.8) is 0 Å². The average Bonchev–Trinajstić information content (AvgIpc) is 2.93. The van der Waals surface area contributed by atoms with Gasteiger partial charge in [-0.05, 0) is 37.8 Å². The molecule has 1 aromatic rings. The molecule has 36 heavy (non-hydrogen) atoms. The highest BCUT2D eigenvalue weighted by Gasteiger charge is 2.34. The summed E-state index contributed by atoms with van der Waals surface area (Å²) in [6, 6.07) is 4.08. The van der Waals surface area contributed by atoms with E-state index in [1.165, 1.54) is 64.2 Å². The Hall–Kier alpha value is -1.21. The molecule has 0 atom stereocenters. The number of benzene rings is 1. The Labute approximate surface area is 220 Å². The second-order valence-corrected chi connectivity index (χ2v) is 10.0. The maximum absolute atomic E-state index is 6.34. The second-order valence-electron chi connectivity index (χ2n) is 10.0. The summed E-state index contributed by atoms with van der Waals surface area (Å²) in [6.07, 6.45) is 16.6. The van der Waals surface area contributed by atoms with E-state index in [2.05, 4.69) is 13.8 Å². The lowest BCUT2D eigenvalue weighted by atomic mass is 9.71. The summed E-state index contributed by atoms with van der Waals surface area (Å²) in [5, 5.41) is 0. The van der Waals surface area contributed by atoms with Gasteiger partial charge < -0.3 is 28.1 Å². The Morgan fingerprint density at radius 3 is 1.31 bits per heavy atom. The maximum Gasteiger partial charge on any atom is 0.497 e. The standard InChI is InChI=1S/C28H48B2O6/c1-3-5-7-9-11-13-17-31-27-23-26(30-35-21-16-22-36-30)28(32-18-14-12-10-8-6-4-2)24-25(27)29-33-19-15-20-34-29/h23-24H,3-22H2,1-2H3. The molecular weight excluding hydrogens is 454 g/mol. The molecule has 0 spiro atoms. The van der Waals surface area contributed by atoms with Crippen LogP contribution in [-0.2, 0) is 18.6 Å². The highest BCUT2D eigenvalue weighted by atomic mass is 16.6. The SMILES string of the molecule is CCCCCCCCOc1cc(B2OCCCO2)c(OCCCCCCCC)cc1B1OCCCO1. The number of hydrogen-bond acceptors (Lipinski definition) is 6. The molecular formula is C28H48B2O6. The minimum Gasteiger partial charge on any atom is -0.494 e. The molecule has 2 aliphatic heterocycles. The van der Waals surface area contributed by atoms with Gasteiger partial charge in [-0.1, -0.05) is 78.1 Å². The fourth-order valence-corrected chi connectivity index (χ4v) is 4.67. The third-order valence-electron chi connectivity index (χ3n) is 6.82. The minimum absolute atomic E-state index is 0.433. The predicted molar refractivity (Wildman–Crippen MR) is 148 cm³/mol. The van der Waals surface area contributed by atoms with Crippen LogP contribution in [0.15, 0.2) is 12.1 Å². The van der Waals surface area contributed by atoms with Crippen LogP contribution in [-0.4, -0.2) is 53.9 Å². The Morgan fingerprint density at radius 1 is 0.556 bits per heavy atom. The van der Waals surface area contributed by atoms with Gasteiger partial charge in [-0.3, -0.25) is 0 Å². The first-order chi connectivity index (χ1) is 17.8. The summed E-state index contributed by atoms with van der Waals surface area (Å²) in [6.45, 7) is 8.60. The van der Waals surface area contributed by atoms with Crippen molar-refractivity contribution in [1.82, 2.24) is 0 Å². The maximum atomic E-state index is 6.34. The van der Waals surface area contributed by atoms with Crippen molar-refractivity contribution in [2.24, 2.45) is 0 Å². The van der Waals surface area contributed by atoms with Crippen LogP contribution in [0.1, 0.15) is 104 Å². The van der Waals surface area contributed by atoms with E-state index in [0.29, 0.717) is 39.6 Å². The summed E-state index contributed by atoms with van der Waals surface area (Å²) in [5.74, 6) is 1.57. The van der Waals surface area contributed by atoms with Gasteiger partial charge in [0.2, 0.25) is 0 Å². The molecule has 6 nitrogen and oxygen atoms in total. The van der Waals surface area contributed by atoms with Gasteiger partial charge in [0, 0.05) is 37.4 Å². The van der Waals surface area contributed by atoms with Crippen molar-refractivity contribution < 1.29 is 28.1 Å². The van der Waals surface area contributed by atoms with E-state index >= 15 is 0 Å². The van der Waals surface area contributed by atoms with Crippen LogP contribution >= 0.6 is 0 Å². The number of rotatable bonds is 18. The monoisotopic (exact) mass is 502 g/mol. The van der Waals surface area contributed by atoms with E-state index in [1.807, 2.05) is 12.1 Å². The van der Waals surface area contributed by atoms with E-state index in [9.17, 15) is 0 Å². The van der Waals surface area contributed by atoms with Crippen LogP contribution in [0.3, 0.4) is 0 Å². The molecule has 0 N–H and O–H groups in total. The first-order valence-electron chi connectivity index (χ1n) is 14.7. The van der Waals surface area contributed by atoms with E-state index in [1.54, 1.807) is 0 Å². The van der Waals surface area contributed by atoms with Crippen LogP contribution in [0.2, 0.25) is 0 Å². The topological polar surface area (TPSA) is 55.4 Å². The first kappa shape index (κ1) is 29.3.